The van der Waals surface area contributed by atoms with Crippen molar-refractivity contribution < 1.29 is 18.3 Å². The lowest BCUT2D eigenvalue weighted by Gasteiger charge is -2.26. The molecule has 0 saturated carbocycles. The van der Waals surface area contributed by atoms with E-state index in [2.05, 4.69) is 35.5 Å². The summed E-state index contributed by atoms with van der Waals surface area (Å²) in [4.78, 5) is 32.3. The predicted molar refractivity (Wildman–Crippen MR) is 156 cm³/mol. The van der Waals surface area contributed by atoms with Gasteiger partial charge in [0.05, 0.1) is 27.4 Å². The Morgan fingerprint density at radius 3 is 2.50 bits per heavy atom. The van der Waals surface area contributed by atoms with Gasteiger partial charge in [-0.1, -0.05) is 11.3 Å². The molecule has 1 aliphatic heterocycles. The first-order valence-corrected chi connectivity index (χ1v) is 15.6. The third-order valence-corrected chi connectivity index (χ3v) is 9.15. The molecule has 0 unspecified atom stereocenters. The third kappa shape index (κ3) is 6.44. The van der Waals surface area contributed by atoms with Crippen molar-refractivity contribution in [1.29, 1.82) is 0 Å². The lowest BCUT2D eigenvalue weighted by Crippen LogP contribution is -2.39. The number of nitrogens with zero attached hydrogens (tertiary/aromatic N) is 5. The van der Waals surface area contributed by atoms with E-state index < -0.39 is 15.4 Å². The van der Waals surface area contributed by atoms with E-state index >= 15 is 0 Å². The number of urea groups is 1. The van der Waals surface area contributed by atoms with Crippen LogP contribution in [0.5, 0.6) is 0 Å². The van der Waals surface area contributed by atoms with Crippen molar-refractivity contribution in [1.82, 2.24) is 30.2 Å². The maximum atomic E-state index is 12.2. The number of fused-ring (bicyclic) bond motifs is 1. The van der Waals surface area contributed by atoms with E-state index in [9.17, 15) is 18.3 Å². The third-order valence-electron chi connectivity index (χ3n) is 6.52. The minimum absolute atomic E-state index is 0.171. The molecule has 5 rings (SSSR count). The predicted octanol–water partition coefficient (Wildman–Crippen LogP) is 3.41. The number of thiazole rings is 1. The van der Waals surface area contributed by atoms with E-state index in [0.717, 1.165) is 32.6 Å². The van der Waals surface area contributed by atoms with Crippen LogP contribution in [0.4, 0.5) is 9.93 Å². The summed E-state index contributed by atoms with van der Waals surface area (Å²) < 4.78 is 24.5. The number of nitrogens with one attached hydrogen (secondary N) is 2. The normalized spacial score (nSPS) is 15.7. The van der Waals surface area contributed by atoms with Gasteiger partial charge in [-0.25, -0.2) is 28.2 Å². The van der Waals surface area contributed by atoms with E-state index in [-0.39, 0.29) is 17.5 Å². The number of rotatable bonds is 7. The van der Waals surface area contributed by atoms with E-state index in [0.29, 0.717) is 42.7 Å². The Kier molecular flexibility index (Phi) is 7.82. The van der Waals surface area contributed by atoms with Gasteiger partial charge in [-0.3, -0.25) is 15.2 Å². The number of hydrogen-bond donors (Lipinski definition) is 3. The average Bonchev–Trinajstić information content (AvgIpc) is 3.31. The minimum Gasteiger partial charge on any atom is -0.382 e. The number of hydrogen-bond acceptors (Lipinski definition) is 10. The Bertz CT molecular complexity index is 1630. The lowest BCUT2D eigenvalue weighted by molar-refractivity contribution is 0.0687. The maximum Gasteiger partial charge on any atom is 0.321 e. The molecule has 0 aliphatic carbocycles. The molecule has 3 N–H and O–H groups in total. The number of carbonyl (C=O) groups excluding carboxylic acids is 1. The van der Waals surface area contributed by atoms with Crippen molar-refractivity contribution in [2.45, 2.75) is 32.9 Å². The summed E-state index contributed by atoms with van der Waals surface area (Å²) in [6.07, 6.45) is 5.08. The molecule has 4 aromatic rings. The van der Waals surface area contributed by atoms with E-state index in [1.54, 1.807) is 32.4 Å². The zero-order valence-electron chi connectivity index (χ0n) is 22.5. The van der Waals surface area contributed by atoms with E-state index in [4.69, 9.17) is 0 Å². The summed E-state index contributed by atoms with van der Waals surface area (Å²) in [6.45, 7) is 7.22. The van der Waals surface area contributed by atoms with Gasteiger partial charge in [0.1, 0.15) is 5.60 Å². The second-order valence-electron chi connectivity index (χ2n) is 10.2. The largest absolute Gasteiger partial charge is 0.382 e. The first-order valence-electron chi connectivity index (χ1n) is 12.9. The minimum atomic E-state index is -2.95. The quantitative estimate of drug-likeness (QED) is 0.298. The summed E-state index contributed by atoms with van der Waals surface area (Å²) >= 11 is 1.36. The number of benzene rings is 1. The van der Waals surface area contributed by atoms with Crippen LogP contribution in [0.15, 0.2) is 42.9 Å². The molecule has 11 nitrogen and oxygen atoms in total. The molecule has 1 aromatic carbocycles. The molecule has 40 heavy (non-hydrogen) atoms. The van der Waals surface area contributed by atoms with Crippen molar-refractivity contribution in [3.05, 3.63) is 54.2 Å². The number of anilines is 1. The fraction of sp³-hybridized carbons (Fsp3) is 0.370. The summed E-state index contributed by atoms with van der Waals surface area (Å²) in [5.41, 5.74) is 3.67. The van der Waals surface area contributed by atoms with Gasteiger partial charge in [0.2, 0.25) is 0 Å². The Balaban J connectivity index is 1.54. The van der Waals surface area contributed by atoms with E-state index in [1.807, 2.05) is 31.2 Å². The molecule has 1 aliphatic rings. The molecule has 0 spiro atoms. The highest BCUT2D eigenvalue weighted by Gasteiger charge is 2.23. The van der Waals surface area contributed by atoms with Gasteiger partial charge in [0.25, 0.3) is 0 Å². The number of sulfone groups is 1. The standard InChI is InChI=1S/C27H31N7O4S2/c1-4-28-25(35)33-26-32-22-13-18(19-14-30-24(31-15-19)27(2,3)36)12-20(23(22)39-26)21-11-17(5-6-29-21)16-34-7-9-40(37,38)10-8-34/h5-6,11-15,36H,4,7-10,16H2,1-3H3,(H2,28,32,33,35). The van der Waals surface area contributed by atoms with Crippen LogP contribution >= 0.6 is 11.3 Å². The van der Waals surface area contributed by atoms with Crippen LogP contribution in [0.25, 0.3) is 32.6 Å². The van der Waals surface area contributed by atoms with Gasteiger partial charge >= 0.3 is 6.03 Å². The fourth-order valence-corrected chi connectivity index (χ4v) is 6.67. The van der Waals surface area contributed by atoms with Crippen molar-refractivity contribution in [2.75, 3.05) is 36.5 Å². The number of carbonyl (C=O) groups is 1. The molecular formula is C27H31N7O4S2. The zero-order valence-corrected chi connectivity index (χ0v) is 24.1. The molecule has 210 valence electrons. The smallest absolute Gasteiger partial charge is 0.321 e. The van der Waals surface area contributed by atoms with Crippen LogP contribution in [0, 0.1) is 0 Å². The van der Waals surface area contributed by atoms with Gasteiger partial charge in [0.15, 0.2) is 20.8 Å². The number of aliphatic hydroxyl groups is 1. The van der Waals surface area contributed by atoms with Gasteiger partial charge in [-0.15, -0.1) is 0 Å². The molecule has 2 amide bonds. The number of pyridine rings is 1. The molecule has 0 bridgehead atoms. The Labute approximate surface area is 236 Å². The Morgan fingerprint density at radius 2 is 1.82 bits per heavy atom. The molecule has 1 saturated heterocycles. The highest BCUT2D eigenvalue weighted by Crippen LogP contribution is 2.38. The summed E-state index contributed by atoms with van der Waals surface area (Å²) in [6, 6.07) is 7.53. The molecule has 0 atom stereocenters. The average molecular weight is 582 g/mol. The SMILES string of the molecule is CCNC(=O)Nc1nc2cc(-c3cnc(C(C)(C)O)nc3)cc(-c3cc(CN4CCS(=O)(=O)CC4)ccn3)c2s1. The second-order valence-corrected chi connectivity index (χ2v) is 13.5. The summed E-state index contributed by atoms with van der Waals surface area (Å²) in [7, 11) is -2.95. The van der Waals surface area contributed by atoms with Crippen molar-refractivity contribution >= 4 is 42.6 Å². The van der Waals surface area contributed by atoms with Crippen LogP contribution in [0.3, 0.4) is 0 Å². The number of amides is 2. The second kappa shape index (κ2) is 11.2. The molecule has 13 heteroatoms. The van der Waals surface area contributed by atoms with Crippen molar-refractivity contribution in [2.24, 2.45) is 0 Å². The number of aromatic nitrogens is 4. The fourth-order valence-electron chi connectivity index (χ4n) is 4.42. The highest BCUT2D eigenvalue weighted by atomic mass is 32.2. The highest BCUT2D eigenvalue weighted by molar-refractivity contribution is 7.91. The molecular weight excluding hydrogens is 550 g/mol. The van der Waals surface area contributed by atoms with Gasteiger partial charge in [-0.2, -0.15) is 0 Å². The first-order chi connectivity index (χ1) is 19.0. The topological polar surface area (TPSA) is 150 Å². The first kappa shape index (κ1) is 28.0. The summed E-state index contributed by atoms with van der Waals surface area (Å²) in [5, 5.41) is 16.2. The van der Waals surface area contributed by atoms with Crippen LogP contribution < -0.4 is 10.6 Å². The van der Waals surface area contributed by atoms with Gasteiger partial charge in [0, 0.05) is 55.9 Å². The zero-order chi connectivity index (χ0) is 28.5. The molecule has 3 aromatic heterocycles. The monoisotopic (exact) mass is 581 g/mol. The van der Waals surface area contributed by atoms with Crippen molar-refractivity contribution in [3.8, 4) is 22.4 Å². The Hall–Kier alpha value is -3.52. The van der Waals surface area contributed by atoms with Crippen LogP contribution in [-0.2, 0) is 22.0 Å². The van der Waals surface area contributed by atoms with Crippen LogP contribution in [-0.4, -0.2) is 75.5 Å². The van der Waals surface area contributed by atoms with Gasteiger partial charge < -0.3 is 10.4 Å². The molecule has 4 heterocycles. The molecule has 1 fully saturated rings. The lowest BCUT2D eigenvalue weighted by atomic mass is 10.0. The Morgan fingerprint density at radius 1 is 1.10 bits per heavy atom. The van der Waals surface area contributed by atoms with Crippen molar-refractivity contribution in [3.63, 3.8) is 0 Å². The van der Waals surface area contributed by atoms with E-state index in [1.165, 1.54) is 11.3 Å². The van der Waals surface area contributed by atoms with Crippen LogP contribution in [0.2, 0.25) is 0 Å². The molecule has 0 radical (unpaired) electrons. The van der Waals surface area contributed by atoms with Crippen LogP contribution in [0.1, 0.15) is 32.2 Å². The maximum absolute atomic E-state index is 12.2. The van der Waals surface area contributed by atoms with Gasteiger partial charge in [-0.05, 0) is 56.2 Å². The summed E-state index contributed by atoms with van der Waals surface area (Å²) in [5.74, 6) is 0.661.